The molecule has 0 aliphatic heterocycles. The van der Waals surface area contributed by atoms with E-state index in [0.29, 0.717) is 29.2 Å². The van der Waals surface area contributed by atoms with E-state index in [4.69, 9.17) is 14.2 Å². The summed E-state index contributed by atoms with van der Waals surface area (Å²) in [5.41, 5.74) is 1.56. The second-order valence-electron chi connectivity index (χ2n) is 6.31. The van der Waals surface area contributed by atoms with Crippen LogP contribution in [0.1, 0.15) is 38.7 Å². The summed E-state index contributed by atoms with van der Waals surface area (Å²) in [5, 5.41) is 3.11. The molecule has 7 nitrogen and oxygen atoms in total. The molecule has 0 bridgehead atoms. The molecule has 0 saturated heterocycles. The van der Waals surface area contributed by atoms with Gasteiger partial charge < -0.3 is 19.5 Å². The van der Waals surface area contributed by atoms with Gasteiger partial charge in [0.15, 0.2) is 0 Å². The monoisotopic (exact) mass is 415 g/mol. The van der Waals surface area contributed by atoms with E-state index >= 15 is 0 Å². The number of fused-ring (bicyclic) bond motifs is 1. The number of thiophene rings is 1. The molecule has 1 aliphatic rings. The molecule has 1 N–H and O–H groups in total. The Morgan fingerprint density at radius 1 is 1.14 bits per heavy atom. The van der Waals surface area contributed by atoms with Gasteiger partial charge in [-0.3, -0.25) is 9.59 Å². The lowest BCUT2D eigenvalue weighted by atomic mass is 9.99. The molecule has 1 atom stereocenters. The molecule has 152 valence electrons. The van der Waals surface area contributed by atoms with Crippen molar-refractivity contribution in [2.45, 2.75) is 18.8 Å². The van der Waals surface area contributed by atoms with Crippen LogP contribution in [-0.2, 0) is 25.5 Å². The summed E-state index contributed by atoms with van der Waals surface area (Å²) in [6, 6.07) is 7.29. The Morgan fingerprint density at radius 3 is 2.59 bits per heavy atom. The highest BCUT2D eigenvalue weighted by molar-refractivity contribution is 7.17. The molecular weight excluding hydrogens is 394 g/mol. The summed E-state index contributed by atoms with van der Waals surface area (Å²) < 4.78 is 15.0. The smallest absolute Gasteiger partial charge is 0.341 e. The number of benzene rings is 1. The number of carbonyl (C=O) groups excluding carboxylic acids is 3. The van der Waals surface area contributed by atoms with Gasteiger partial charge in [-0.2, -0.15) is 0 Å². The molecule has 1 unspecified atom stereocenters. The molecule has 1 aromatic carbocycles. The Labute approximate surface area is 172 Å². The summed E-state index contributed by atoms with van der Waals surface area (Å²) in [4.78, 5) is 37.9. The van der Waals surface area contributed by atoms with Crippen molar-refractivity contribution < 1.29 is 28.6 Å². The zero-order valence-electron chi connectivity index (χ0n) is 16.3. The first-order valence-corrected chi connectivity index (χ1v) is 9.75. The van der Waals surface area contributed by atoms with Gasteiger partial charge in [0.1, 0.15) is 10.8 Å². The molecular formula is C21H21NO6S. The van der Waals surface area contributed by atoms with Crippen molar-refractivity contribution in [2.75, 3.05) is 26.6 Å². The molecule has 2 aromatic rings. The predicted molar refractivity (Wildman–Crippen MR) is 109 cm³/mol. The lowest BCUT2D eigenvalue weighted by Gasteiger charge is -2.11. The van der Waals surface area contributed by atoms with Gasteiger partial charge in [0.2, 0.25) is 5.91 Å². The van der Waals surface area contributed by atoms with E-state index in [-0.39, 0.29) is 5.56 Å². The molecule has 0 radical (unpaired) electrons. The fourth-order valence-electron chi connectivity index (χ4n) is 3.36. The van der Waals surface area contributed by atoms with Gasteiger partial charge in [0, 0.05) is 16.5 Å². The van der Waals surface area contributed by atoms with Gasteiger partial charge in [-0.25, -0.2) is 4.79 Å². The Kier molecular flexibility index (Phi) is 6.33. The van der Waals surface area contributed by atoms with Crippen molar-refractivity contribution in [2.24, 2.45) is 0 Å². The fraction of sp³-hybridized carbons (Fsp3) is 0.286. The van der Waals surface area contributed by atoms with Crippen molar-refractivity contribution in [3.05, 3.63) is 51.9 Å². The maximum atomic E-state index is 12.5. The van der Waals surface area contributed by atoms with Crippen LogP contribution >= 0.6 is 11.3 Å². The number of para-hydroxylation sites is 1. The Morgan fingerprint density at radius 2 is 1.90 bits per heavy atom. The van der Waals surface area contributed by atoms with Gasteiger partial charge in [-0.05, 0) is 30.5 Å². The van der Waals surface area contributed by atoms with Gasteiger partial charge in [-0.1, -0.05) is 18.2 Å². The molecule has 1 amide bonds. The maximum absolute atomic E-state index is 12.5. The van der Waals surface area contributed by atoms with Crippen molar-refractivity contribution in [1.29, 1.82) is 0 Å². The van der Waals surface area contributed by atoms with Crippen LogP contribution in [0.5, 0.6) is 5.75 Å². The number of anilines is 1. The molecule has 3 rings (SSSR count). The van der Waals surface area contributed by atoms with E-state index in [2.05, 4.69) is 5.32 Å². The van der Waals surface area contributed by atoms with E-state index in [1.165, 1.54) is 31.6 Å². The number of methoxy groups -OCH3 is 3. The summed E-state index contributed by atoms with van der Waals surface area (Å²) in [6.45, 7) is 0. The predicted octanol–water partition coefficient (Wildman–Crippen LogP) is 3.40. The second kappa shape index (κ2) is 8.91. The Balaban J connectivity index is 1.88. The average Bonchev–Trinajstić information content (AvgIpc) is 3.30. The first-order valence-electron chi connectivity index (χ1n) is 8.93. The third-order valence-corrected chi connectivity index (χ3v) is 5.88. The highest BCUT2D eigenvalue weighted by Crippen LogP contribution is 2.45. The lowest BCUT2D eigenvalue weighted by molar-refractivity contribution is -0.142. The van der Waals surface area contributed by atoms with Gasteiger partial charge >= 0.3 is 11.9 Å². The van der Waals surface area contributed by atoms with Gasteiger partial charge in [0.25, 0.3) is 0 Å². The van der Waals surface area contributed by atoms with Crippen LogP contribution in [0.15, 0.2) is 30.3 Å². The number of carbonyl (C=O) groups is 3. The molecule has 8 heteroatoms. The number of nitrogens with one attached hydrogen (secondary N) is 1. The molecule has 0 fully saturated rings. The second-order valence-corrected chi connectivity index (χ2v) is 7.42. The number of hydrogen-bond donors (Lipinski definition) is 1. The minimum absolute atomic E-state index is 0.222. The molecule has 1 aromatic heterocycles. The normalized spacial score (nSPS) is 15.1. The average molecular weight is 415 g/mol. The Bertz CT molecular complexity index is 978. The first kappa shape index (κ1) is 20.6. The lowest BCUT2D eigenvalue weighted by Crippen LogP contribution is -2.16. The quantitative estimate of drug-likeness (QED) is 0.574. The molecule has 0 saturated carbocycles. The van der Waals surface area contributed by atoms with Crippen molar-refractivity contribution in [3.8, 4) is 5.75 Å². The van der Waals surface area contributed by atoms with Gasteiger partial charge in [-0.15, -0.1) is 11.3 Å². The van der Waals surface area contributed by atoms with Crippen LogP contribution in [0.4, 0.5) is 5.00 Å². The molecule has 1 aliphatic carbocycles. The minimum atomic E-state index is -0.595. The number of amides is 1. The SMILES string of the molecule is COC(=O)c1c(NC(=O)/C=C/c2ccccc2OC)sc2c1C(C(=O)OC)CC2. The van der Waals surface area contributed by atoms with E-state index in [0.717, 1.165) is 10.4 Å². The van der Waals surface area contributed by atoms with E-state index < -0.39 is 23.8 Å². The number of rotatable bonds is 6. The number of esters is 2. The topological polar surface area (TPSA) is 90.9 Å². The van der Waals surface area contributed by atoms with Crippen LogP contribution in [0.25, 0.3) is 6.08 Å². The van der Waals surface area contributed by atoms with Gasteiger partial charge in [0.05, 0.1) is 32.8 Å². The van der Waals surface area contributed by atoms with E-state index in [1.807, 2.05) is 18.2 Å². The summed E-state index contributed by atoms with van der Waals surface area (Å²) in [5.74, 6) is -1.29. The van der Waals surface area contributed by atoms with E-state index in [1.54, 1.807) is 19.3 Å². The van der Waals surface area contributed by atoms with Crippen LogP contribution in [0.2, 0.25) is 0 Å². The third-order valence-electron chi connectivity index (χ3n) is 4.70. The highest BCUT2D eigenvalue weighted by atomic mass is 32.1. The first-order chi connectivity index (χ1) is 14.0. The molecule has 0 spiro atoms. The van der Waals surface area contributed by atoms with Crippen molar-refractivity contribution >= 4 is 40.3 Å². The molecule has 29 heavy (non-hydrogen) atoms. The third kappa shape index (κ3) is 4.17. The Hall–Kier alpha value is -3.13. The maximum Gasteiger partial charge on any atom is 0.341 e. The van der Waals surface area contributed by atoms with Crippen LogP contribution < -0.4 is 10.1 Å². The summed E-state index contributed by atoms with van der Waals surface area (Å²) in [7, 11) is 4.14. The highest BCUT2D eigenvalue weighted by Gasteiger charge is 2.38. The van der Waals surface area contributed by atoms with Crippen LogP contribution in [-0.4, -0.2) is 39.2 Å². The van der Waals surface area contributed by atoms with Crippen LogP contribution in [0, 0.1) is 0 Å². The zero-order chi connectivity index (χ0) is 21.0. The van der Waals surface area contributed by atoms with Crippen molar-refractivity contribution in [3.63, 3.8) is 0 Å². The van der Waals surface area contributed by atoms with Crippen molar-refractivity contribution in [1.82, 2.24) is 0 Å². The minimum Gasteiger partial charge on any atom is -0.496 e. The summed E-state index contributed by atoms with van der Waals surface area (Å²) in [6.07, 6.45) is 4.20. The van der Waals surface area contributed by atoms with Crippen LogP contribution in [0.3, 0.4) is 0 Å². The fourth-order valence-corrected chi connectivity index (χ4v) is 4.63. The largest absolute Gasteiger partial charge is 0.496 e. The number of ether oxygens (including phenoxy) is 3. The number of aryl methyl sites for hydroxylation is 1. The summed E-state index contributed by atoms with van der Waals surface area (Å²) >= 11 is 1.28. The molecule has 1 heterocycles. The van der Waals surface area contributed by atoms with E-state index in [9.17, 15) is 14.4 Å². The number of hydrogen-bond acceptors (Lipinski definition) is 7. The standard InChI is InChI=1S/C21H21NO6S/c1-26-14-7-5-4-6-12(14)8-11-16(23)22-19-18(21(25)28-3)17-13(20(24)27-2)9-10-15(17)29-19/h4-8,11,13H,9-10H2,1-3H3,(H,22,23)/b11-8+. The zero-order valence-corrected chi connectivity index (χ0v) is 17.1.